The minimum absolute atomic E-state index is 0.420. The third-order valence-corrected chi connectivity index (χ3v) is 4.69. The number of hydrogen-bond acceptors (Lipinski definition) is 5. The number of hydrogen-bond donors (Lipinski definition) is 2. The topological polar surface area (TPSA) is 63.8 Å². The van der Waals surface area contributed by atoms with Crippen LogP contribution in [0.3, 0.4) is 0 Å². The van der Waals surface area contributed by atoms with Crippen molar-refractivity contribution in [2.24, 2.45) is 11.7 Å². The summed E-state index contributed by atoms with van der Waals surface area (Å²) in [6.07, 6.45) is 8.41. The lowest BCUT2D eigenvalue weighted by atomic mass is 9.86. The summed E-state index contributed by atoms with van der Waals surface area (Å²) < 4.78 is 0. The predicted molar refractivity (Wildman–Crippen MR) is 83.8 cm³/mol. The molecule has 106 valence electrons. The first kappa shape index (κ1) is 13.5. The maximum atomic E-state index is 5.94. The fraction of sp³-hybridized carbons (Fsp3) is 0.467. The van der Waals surface area contributed by atoms with Crippen molar-refractivity contribution >= 4 is 16.5 Å². The molecule has 1 aliphatic carbocycles. The van der Waals surface area contributed by atoms with Gasteiger partial charge >= 0.3 is 0 Å². The maximum Gasteiger partial charge on any atom is 0.183 e. The summed E-state index contributed by atoms with van der Waals surface area (Å²) in [6.45, 7) is 1.01. The van der Waals surface area contributed by atoms with Crippen molar-refractivity contribution in [3.8, 4) is 11.3 Å². The summed E-state index contributed by atoms with van der Waals surface area (Å²) in [5, 5.41) is 6.54. The van der Waals surface area contributed by atoms with E-state index >= 15 is 0 Å². The summed E-state index contributed by atoms with van der Waals surface area (Å²) in [5.41, 5.74) is 8.00. The van der Waals surface area contributed by atoms with Gasteiger partial charge < -0.3 is 11.1 Å². The molecule has 20 heavy (non-hydrogen) atoms. The van der Waals surface area contributed by atoms with Crippen LogP contribution < -0.4 is 11.1 Å². The number of anilines is 1. The molecule has 0 amide bonds. The normalized spacial score (nSPS) is 22.6. The van der Waals surface area contributed by atoms with Crippen LogP contribution in [-0.2, 0) is 0 Å². The van der Waals surface area contributed by atoms with Gasteiger partial charge in [-0.3, -0.25) is 4.98 Å². The summed E-state index contributed by atoms with van der Waals surface area (Å²) >= 11 is 1.66. The van der Waals surface area contributed by atoms with Crippen LogP contribution in [0, 0.1) is 5.92 Å². The van der Waals surface area contributed by atoms with E-state index in [0.717, 1.165) is 41.7 Å². The molecule has 3 rings (SSSR count). The monoisotopic (exact) mass is 288 g/mol. The van der Waals surface area contributed by atoms with Crippen LogP contribution in [0.25, 0.3) is 11.3 Å². The molecule has 1 saturated carbocycles. The summed E-state index contributed by atoms with van der Waals surface area (Å²) in [5.74, 6) is 0.737. The molecule has 0 aromatic carbocycles. The van der Waals surface area contributed by atoms with Crippen LogP contribution in [0.15, 0.2) is 29.9 Å². The van der Waals surface area contributed by atoms with Gasteiger partial charge in [0.25, 0.3) is 0 Å². The predicted octanol–water partition coefficient (Wildman–Crippen LogP) is 3.13. The van der Waals surface area contributed by atoms with Crippen LogP contribution in [0.2, 0.25) is 0 Å². The standard InChI is InChI=1S/C15H20N4S/c16-13-5-3-11(4-6-13)8-18-15-19-14(10-20-15)12-2-1-7-17-9-12/h1-2,7,9-11,13H,3-6,8,16H2,(H,18,19)/t11-,13-. The molecule has 2 aromatic heterocycles. The van der Waals surface area contributed by atoms with E-state index in [1.807, 2.05) is 18.3 Å². The Kier molecular flexibility index (Phi) is 4.28. The fourth-order valence-electron chi connectivity index (χ4n) is 2.63. The zero-order chi connectivity index (χ0) is 13.8. The first-order valence-electron chi connectivity index (χ1n) is 7.16. The zero-order valence-electron chi connectivity index (χ0n) is 11.5. The average Bonchev–Trinajstić information content (AvgIpc) is 2.97. The van der Waals surface area contributed by atoms with Crippen molar-refractivity contribution < 1.29 is 0 Å². The first-order valence-corrected chi connectivity index (χ1v) is 8.04. The van der Waals surface area contributed by atoms with Crippen molar-refractivity contribution in [1.82, 2.24) is 9.97 Å². The molecule has 0 aliphatic heterocycles. The van der Waals surface area contributed by atoms with Crippen LogP contribution in [-0.4, -0.2) is 22.6 Å². The molecule has 3 N–H and O–H groups in total. The molecule has 1 aliphatic rings. The Morgan fingerprint density at radius 1 is 1.30 bits per heavy atom. The van der Waals surface area contributed by atoms with E-state index in [1.165, 1.54) is 12.8 Å². The van der Waals surface area contributed by atoms with Crippen molar-refractivity contribution in [1.29, 1.82) is 0 Å². The van der Waals surface area contributed by atoms with E-state index in [-0.39, 0.29) is 0 Å². The number of aromatic nitrogens is 2. The van der Waals surface area contributed by atoms with Crippen molar-refractivity contribution in [2.45, 2.75) is 31.7 Å². The van der Waals surface area contributed by atoms with E-state index in [2.05, 4.69) is 20.7 Å². The number of nitrogens with one attached hydrogen (secondary N) is 1. The molecule has 1 fully saturated rings. The van der Waals surface area contributed by atoms with Crippen LogP contribution in [0.4, 0.5) is 5.13 Å². The highest BCUT2D eigenvalue weighted by Crippen LogP contribution is 2.26. The Labute approximate surface area is 123 Å². The lowest BCUT2D eigenvalue weighted by molar-refractivity contribution is 0.339. The highest BCUT2D eigenvalue weighted by molar-refractivity contribution is 7.14. The maximum absolute atomic E-state index is 5.94. The second-order valence-corrected chi connectivity index (χ2v) is 6.30. The Bertz CT molecular complexity index is 532. The van der Waals surface area contributed by atoms with Crippen molar-refractivity contribution in [3.05, 3.63) is 29.9 Å². The Hall–Kier alpha value is -1.46. The molecule has 0 unspecified atom stereocenters. The number of thiazole rings is 1. The quantitative estimate of drug-likeness (QED) is 0.907. The second-order valence-electron chi connectivity index (χ2n) is 5.44. The molecule has 0 atom stereocenters. The Morgan fingerprint density at radius 2 is 2.15 bits per heavy atom. The molecule has 0 bridgehead atoms. The minimum Gasteiger partial charge on any atom is -0.361 e. The van der Waals surface area contributed by atoms with E-state index in [0.29, 0.717) is 6.04 Å². The van der Waals surface area contributed by atoms with Crippen molar-refractivity contribution in [2.75, 3.05) is 11.9 Å². The largest absolute Gasteiger partial charge is 0.361 e. The SMILES string of the molecule is N[C@H]1CC[C@H](CNc2nc(-c3cccnc3)cs2)CC1. The second kappa shape index (κ2) is 6.33. The molecular formula is C15H20N4S. The van der Waals surface area contributed by atoms with Gasteiger partial charge in [-0.05, 0) is 43.7 Å². The summed E-state index contributed by atoms with van der Waals surface area (Å²) in [7, 11) is 0. The average molecular weight is 288 g/mol. The number of pyridine rings is 1. The number of rotatable bonds is 4. The zero-order valence-corrected chi connectivity index (χ0v) is 12.3. The lowest BCUT2D eigenvalue weighted by Crippen LogP contribution is -2.29. The number of nitrogens with two attached hydrogens (primary N) is 1. The van der Waals surface area contributed by atoms with Gasteiger partial charge in [-0.1, -0.05) is 0 Å². The Balaban J connectivity index is 1.55. The molecule has 0 saturated heterocycles. The summed E-state index contributed by atoms with van der Waals surface area (Å²) in [6, 6.07) is 4.39. The molecule has 2 heterocycles. The van der Waals surface area contributed by atoms with Gasteiger partial charge in [-0.25, -0.2) is 4.98 Å². The molecule has 0 radical (unpaired) electrons. The minimum atomic E-state index is 0.420. The van der Waals surface area contributed by atoms with Gasteiger partial charge in [0.15, 0.2) is 5.13 Å². The molecular weight excluding hydrogens is 268 g/mol. The van der Waals surface area contributed by atoms with E-state index in [9.17, 15) is 0 Å². The first-order chi connectivity index (χ1) is 9.81. The number of nitrogens with zero attached hydrogens (tertiary/aromatic N) is 2. The Morgan fingerprint density at radius 3 is 2.90 bits per heavy atom. The molecule has 2 aromatic rings. The van der Waals surface area contributed by atoms with Gasteiger partial charge in [0.05, 0.1) is 5.69 Å². The van der Waals surface area contributed by atoms with Crippen molar-refractivity contribution in [3.63, 3.8) is 0 Å². The van der Waals surface area contributed by atoms with Crippen LogP contribution >= 0.6 is 11.3 Å². The van der Waals surface area contributed by atoms with E-state index in [4.69, 9.17) is 5.73 Å². The molecule has 0 spiro atoms. The van der Waals surface area contributed by atoms with Crippen LogP contribution in [0.1, 0.15) is 25.7 Å². The van der Waals surface area contributed by atoms with Gasteiger partial charge in [0.1, 0.15) is 0 Å². The van der Waals surface area contributed by atoms with E-state index < -0.39 is 0 Å². The van der Waals surface area contributed by atoms with E-state index in [1.54, 1.807) is 17.5 Å². The van der Waals surface area contributed by atoms with Gasteiger partial charge in [-0.2, -0.15) is 0 Å². The third-order valence-electron chi connectivity index (χ3n) is 3.89. The van der Waals surface area contributed by atoms with Gasteiger partial charge in [0, 0.05) is 35.9 Å². The molecule has 4 nitrogen and oxygen atoms in total. The lowest BCUT2D eigenvalue weighted by Gasteiger charge is -2.25. The fourth-order valence-corrected chi connectivity index (χ4v) is 3.36. The summed E-state index contributed by atoms with van der Waals surface area (Å²) in [4.78, 5) is 8.75. The smallest absolute Gasteiger partial charge is 0.183 e. The third kappa shape index (κ3) is 3.35. The highest BCUT2D eigenvalue weighted by atomic mass is 32.1. The molecule has 5 heteroatoms. The highest BCUT2D eigenvalue weighted by Gasteiger charge is 2.18. The van der Waals surface area contributed by atoms with Gasteiger partial charge in [0.2, 0.25) is 0 Å². The van der Waals surface area contributed by atoms with Gasteiger partial charge in [-0.15, -0.1) is 11.3 Å². The van der Waals surface area contributed by atoms with Crippen LogP contribution in [0.5, 0.6) is 0 Å².